The Bertz CT molecular complexity index is 952. The molecule has 0 amide bonds. The Balaban J connectivity index is 0.00000150. The van der Waals surface area contributed by atoms with Crippen LogP contribution in [0.2, 0.25) is 0 Å². The number of rotatable bonds is 6. The van der Waals surface area contributed by atoms with E-state index >= 15 is 0 Å². The molecule has 4 rings (SSSR count). The van der Waals surface area contributed by atoms with E-state index in [-0.39, 0.29) is 35.5 Å². The zero-order valence-corrected chi connectivity index (χ0v) is 18.6. The van der Waals surface area contributed by atoms with Gasteiger partial charge in [-0.05, 0) is 55.8 Å². The summed E-state index contributed by atoms with van der Waals surface area (Å²) >= 11 is 1.33. The van der Waals surface area contributed by atoms with Crippen molar-refractivity contribution in [2.45, 2.75) is 19.4 Å². The maximum Gasteiger partial charge on any atom is 0.308 e. The summed E-state index contributed by atoms with van der Waals surface area (Å²) in [5.41, 5.74) is 2.15. The highest BCUT2D eigenvalue weighted by Crippen LogP contribution is 2.18. The van der Waals surface area contributed by atoms with Crippen LogP contribution in [0.3, 0.4) is 0 Å². The summed E-state index contributed by atoms with van der Waals surface area (Å²) in [5, 5.41) is 0. The SMILES string of the molecule is Cl.Cl.O=c1sc2ccccc2n1CCCCN1CCN(c2ccc(F)cc2)CC1. The summed E-state index contributed by atoms with van der Waals surface area (Å²) in [6.07, 6.45) is 2.10. The van der Waals surface area contributed by atoms with Crippen LogP contribution in [0.5, 0.6) is 0 Å². The molecule has 1 saturated heterocycles. The van der Waals surface area contributed by atoms with E-state index in [0.29, 0.717) is 0 Å². The monoisotopic (exact) mass is 457 g/mol. The molecule has 2 heterocycles. The number of unbranched alkanes of at least 4 members (excludes halogenated alkanes) is 1. The molecule has 158 valence electrons. The minimum atomic E-state index is -0.185. The highest BCUT2D eigenvalue weighted by molar-refractivity contribution is 7.16. The Morgan fingerprint density at radius 1 is 0.862 bits per heavy atom. The number of piperazine rings is 1. The van der Waals surface area contributed by atoms with Gasteiger partial charge in [-0.3, -0.25) is 14.3 Å². The number of halogens is 3. The van der Waals surface area contributed by atoms with Crippen molar-refractivity contribution >= 4 is 52.1 Å². The summed E-state index contributed by atoms with van der Waals surface area (Å²) in [6.45, 7) is 5.85. The van der Waals surface area contributed by atoms with Gasteiger partial charge in [0.05, 0.1) is 10.2 Å². The average molecular weight is 458 g/mol. The molecule has 0 unspecified atom stereocenters. The van der Waals surface area contributed by atoms with Crippen molar-refractivity contribution in [3.8, 4) is 0 Å². The van der Waals surface area contributed by atoms with Crippen LogP contribution in [0.4, 0.5) is 10.1 Å². The second-order valence-corrected chi connectivity index (χ2v) is 7.99. The Labute approximate surface area is 186 Å². The number of anilines is 1. The molecule has 1 fully saturated rings. The van der Waals surface area contributed by atoms with Crippen molar-refractivity contribution in [3.05, 3.63) is 64.0 Å². The van der Waals surface area contributed by atoms with Gasteiger partial charge >= 0.3 is 4.87 Å². The van der Waals surface area contributed by atoms with E-state index in [1.54, 1.807) is 0 Å². The van der Waals surface area contributed by atoms with Crippen LogP contribution in [-0.4, -0.2) is 42.2 Å². The molecule has 1 aliphatic heterocycles. The second-order valence-electron chi connectivity index (χ2n) is 7.00. The number of hydrogen-bond acceptors (Lipinski definition) is 4. The second kappa shape index (κ2) is 11.0. The number of aromatic nitrogens is 1. The summed E-state index contributed by atoms with van der Waals surface area (Å²) in [6, 6.07) is 14.8. The van der Waals surface area contributed by atoms with Crippen molar-refractivity contribution in [2.75, 3.05) is 37.6 Å². The van der Waals surface area contributed by atoms with Crippen LogP contribution >= 0.6 is 36.2 Å². The fourth-order valence-corrected chi connectivity index (χ4v) is 4.63. The lowest BCUT2D eigenvalue weighted by atomic mass is 10.2. The summed E-state index contributed by atoms with van der Waals surface area (Å²) in [4.78, 5) is 17.1. The number of para-hydroxylation sites is 1. The van der Waals surface area contributed by atoms with E-state index in [1.165, 1.54) is 23.5 Å². The summed E-state index contributed by atoms with van der Waals surface area (Å²) in [7, 11) is 0. The van der Waals surface area contributed by atoms with Gasteiger partial charge < -0.3 is 4.90 Å². The van der Waals surface area contributed by atoms with Gasteiger partial charge in [0.2, 0.25) is 0 Å². The predicted molar refractivity (Wildman–Crippen MR) is 125 cm³/mol. The molecule has 1 aliphatic rings. The molecule has 0 bridgehead atoms. The third kappa shape index (κ3) is 5.72. The molecular formula is C21H26Cl2FN3OS. The van der Waals surface area contributed by atoms with Crippen LogP contribution in [0, 0.1) is 5.82 Å². The van der Waals surface area contributed by atoms with Crippen molar-refractivity contribution in [2.24, 2.45) is 0 Å². The van der Waals surface area contributed by atoms with Gasteiger partial charge in [0.25, 0.3) is 0 Å². The van der Waals surface area contributed by atoms with Crippen LogP contribution in [0.25, 0.3) is 10.2 Å². The first-order valence-electron chi connectivity index (χ1n) is 9.52. The summed E-state index contributed by atoms with van der Waals surface area (Å²) < 4.78 is 16.0. The Kier molecular flexibility index (Phi) is 8.96. The molecular weight excluding hydrogens is 432 g/mol. The lowest BCUT2D eigenvalue weighted by Crippen LogP contribution is -2.46. The van der Waals surface area contributed by atoms with Gasteiger partial charge in [0.1, 0.15) is 5.82 Å². The highest BCUT2D eigenvalue weighted by Gasteiger charge is 2.17. The van der Waals surface area contributed by atoms with E-state index in [9.17, 15) is 9.18 Å². The van der Waals surface area contributed by atoms with Crippen LogP contribution in [0.15, 0.2) is 53.3 Å². The summed E-state index contributed by atoms with van der Waals surface area (Å²) in [5.74, 6) is -0.185. The molecule has 0 spiro atoms. The van der Waals surface area contributed by atoms with Crippen molar-refractivity contribution in [1.29, 1.82) is 0 Å². The number of fused-ring (bicyclic) bond motifs is 1. The smallest absolute Gasteiger partial charge is 0.308 e. The number of benzene rings is 2. The largest absolute Gasteiger partial charge is 0.369 e. The zero-order valence-electron chi connectivity index (χ0n) is 16.1. The van der Waals surface area contributed by atoms with Gasteiger partial charge in [-0.25, -0.2) is 4.39 Å². The maximum absolute atomic E-state index is 13.1. The lowest BCUT2D eigenvalue weighted by molar-refractivity contribution is 0.251. The molecule has 0 radical (unpaired) electrons. The van der Waals surface area contributed by atoms with Crippen LogP contribution < -0.4 is 9.77 Å². The van der Waals surface area contributed by atoms with Gasteiger partial charge in [0.15, 0.2) is 0 Å². The first kappa shape index (κ1) is 23.7. The minimum Gasteiger partial charge on any atom is -0.369 e. The molecule has 3 aromatic rings. The van der Waals surface area contributed by atoms with Crippen molar-refractivity contribution in [1.82, 2.24) is 9.47 Å². The molecule has 2 aromatic carbocycles. The third-order valence-corrected chi connectivity index (χ3v) is 6.20. The molecule has 0 N–H and O–H groups in total. The molecule has 4 nitrogen and oxygen atoms in total. The van der Waals surface area contributed by atoms with E-state index < -0.39 is 0 Å². The third-order valence-electron chi connectivity index (χ3n) is 5.24. The number of hydrogen-bond donors (Lipinski definition) is 0. The number of thiazole rings is 1. The quantitative estimate of drug-likeness (QED) is 0.504. The van der Waals surface area contributed by atoms with E-state index in [0.717, 1.165) is 68.0 Å². The molecule has 0 aliphatic carbocycles. The molecule has 1 aromatic heterocycles. The fraction of sp³-hybridized carbons (Fsp3) is 0.381. The topological polar surface area (TPSA) is 28.5 Å². The lowest BCUT2D eigenvalue weighted by Gasteiger charge is -2.36. The van der Waals surface area contributed by atoms with Crippen molar-refractivity contribution in [3.63, 3.8) is 0 Å². The molecule has 0 saturated carbocycles. The van der Waals surface area contributed by atoms with Gasteiger partial charge in [-0.1, -0.05) is 23.5 Å². The van der Waals surface area contributed by atoms with Gasteiger partial charge in [-0.2, -0.15) is 0 Å². The predicted octanol–water partition coefficient (Wildman–Crippen LogP) is 4.65. The molecule has 29 heavy (non-hydrogen) atoms. The highest BCUT2D eigenvalue weighted by atomic mass is 35.5. The van der Waals surface area contributed by atoms with Gasteiger partial charge in [0, 0.05) is 38.4 Å². The normalized spacial score (nSPS) is 14.4. The zero-order chi connectivity index (χ0) is 18.6. The molecule has 0 atom stereocenters. The minimum absolute atomic E-state index is 0. The Hall–Kier alpha value is -1.60. The first-order chi connectivity index (χ1) is 13.2. The first-order valence-corrected chi connectivity index (χ1v) is 10.3. The van der Waals surface area contributed by atoms with Crippen molar-refractivity contribution < 1.29 is 4.39 Å². The average Bonchev–Trinajstić information content (AvgIpc) is 3.02. The Morgan fingerprint density at radius 2 is 1.52 bits per heavy atom. The maximum atomic E-state index is 13.1. The Morgan fingerprint density at radius 3 is 2.24 bits per heavy atom. The van der Waals surface area contributed by atoms with Crippen LogP contribution in [0.1, 0.15) is 12.8 Å². The standard InChI is InChI=1S/C21H24FN3OS.2ClH/c22-17-7-9-18(10-8-17)24-15-13-23(14-16-24)11-3-4-12-25-19-5-1-2-6-20(19)27-21(25)26;;/h1-2,5-10H,3-4,11-16H2;2*1H. The van der Waals surface area contributed by atoms with Gasteiger partial charge in [-0.15, -0.1) is 24.8 Å². The van der Waals surface area contributed by atoms with Crippen LogP contribution in [-0.2, 0) is 6.54 Å². The number of nitrogens with zero attached hydrogens (tertiary/aromatic N) is 3. The fourth-order valence-electron chi connectivity index (χ4n) is 3.71. The molecule has 8 heteroatoms. The van der Waals surface area contributed by atoms with E-state index in [1.807, 2.05) is 41.0 Å². The van der Waals surface area contributed by atoms with E-state index in [4.69, 9.17) is 0 Å². The van der Waals surface area contributed by atoms with E-state index in [2.05, 4.69) is 9.80 Å². The number of aryl methyl sites for hydroxylation is 1.